The largest absolute Gasteiger partial charge is 0.151 e. The monoisotopic (exact) mass is 182 g/mol. The van der Waals surface area contributed by atoms with Gasteiger partial charge >= 0.3 is 0 Å². The summed E-state index contributed by atoms with van der Waals surface area (Å²) in [6.45, 7) is 2.07. The van der Waals surface area contributed by atoms with E-state index in [2.05, 4.69) is 31.7 Å². The van der Waals surface area contributed by atoms with Gasteiger partial charge in [-0.15, -0.1) is 0 Å². The Hall–Kier alpha value is -0.170. The fraction of sp³-hybridized carbons (Fsp3) is 0.636. The summed E-state index contributed by atoms with van der Waals surface area (Å²) in [4.78, 5) is 0. The summed E-state index contributed by atoms with van der Waals surface area (Å²) in [7, 11) is 0. The predicted octanol–water partition coefficient (Wildman–Crippen LogP) is 3.96. The van der Waals surface area contributed by atoms with Gasteiger partial charge in [0.2, 0.25) is 0 Å². The van der Waals surface area contributed by atoms with E-state index in [4.69, 9.17) is 0 Å². The van der Waals surface area contributed by atoms with Gasteiger partial charge in [-0.25, -0.2) is 0 Å². The molecular formula is C11H18S. The van der Waals surface area contributed by atoms with Crippen molar-refractivity contribution in [3.05, 3.63) is 23.1 Å². The SMILES string of the molecule is C/C=C\C(=C/S)C1CCCCC1. The maximum Gasteiger partial charge on any atom is -0.0157 e. The summed E-state index contributed by atoms with van der Waals surface area (Å²) in [5.74, 6) is 0.785. The average Bonchev–Trinajstić information content (AvgIpc) is 2.15. The minimum atomic E-state index is 0.785. The van der Waals surface area contributed by atoms with Crippen molar-refractivity contribution in [1.82, 2.24) is 0 Å². The molecule has 0 saturated heterocycles. The molecule has 0 unspecified atom stereocenters. The molecular weight excluding hydrogens is 164 g/mol. The van der Waals surface area contributed by atoms with E-state index >= 15 is 0 Å². The van der Waals surface area contributed by atoms with Crippen LogP contribution in [0.25, 0.3) is 0 Å². The van der Waals surface area contributed by atoms with Crippen LogP contribution in [0, 0.1) is 5.92 Å². The molecule has 0 radical (unpaired) electrons. The van der Waals surface area contributed by atoms with Crippen molar-refractivity contribution in [2.24, 2.45) is 5.92 Å². The van der Waals surface area contributed by atoms with E-state index in [0.29, 0.717) is 0 Å². The minimum Gasteiger partial charge on any atom is -0.151 e. The lowest BCUT2D eigenvalue weighted by Gasteiger charge is -2.22. The van der Waals surface area contributed by atoms with Crippen molar-refractivity contribution in [1.29, 1.82) is 0 Å². The summed E-state index contributed by atoms with van der Waals surface area (Å²) < 4.78 is 0. The van der Waals surface area contributed by atoms with Crippen LogP contribution in [0.15, 0.2) is 23.1 Å². The maximum atomic E-state index is 4.25. The van der Waals surface area contributed by atoms with Crippen molar-refractivity contribution in [3.63, 3.8) is 0 Å². The van der Waals surface area contributed by atoms with Crippen LogP contribution in [0.3, 0.4) is 0 Å². The highest BCUT2D eigenvalue weighted by atomic mass is 32.1. The first-order chi connectivity index (χ1) is 5.88. The van der Waals surface area contributed by atoms with Gasteiger partial charge in [0.05, 0.1) is 0 Å². The van der Waals surface area contributed by atoms with Gasteiger partial charge in [0.25, 0.3) is 0 Å². The van der Waals surface area contributed by atoms with E-state index in [1.807, 2.05) is 5.41 Å². The number of thiol groups is 1. The molecule has 0 amide bonds. The molecule has 0 aromatic rings. The topological polar surface area (TPSA) is 0 Å². The zero-order valence-corrected chi connectivity index (χ0v) is 8.69. The number of hydrogen-bond donors (Lipinski definition) is 1. The number of rotatable bonds is 2. The van der Waals surface area contributed by atoms with Gasteiger partial charge in [-0.2, -0.15) is 12.6 Å². The Balaban J connectivity index is 2.52. The maximum absolute atomic E-state index is 4.25. The molecule has 1 fully saturated rings. The molecule has 0 heterocycles. The van der Waals surface area contributed by atoms with Crippen LogP contribution in [-0.2, 0) is 0 Å². The second kappa shape index (κ2) is 5.47. The second-order valence-electron chi connectivity index (χ2n) is 3.46. The van der Waals surface area contributed by atoms with Crippen LogP contribution in [0.4, 0.5) is 0 Å². The molecule has 0 aliphatic heterocycles. The Labute approximate surface area is 81.2 Å². The molecule has 0 aromatic heterocycles. The highest BCUT2D eigenvalue weighted by Crippen LogP contribution is 2.30. The van der Waals surface area contributed by atoms with E-state index in [1.165, 1.54) is 37.7 Å². The first-order valence-electron chi connectivity index (χ1n) is 4.85. The van der Waals surface area contributed by atoms with Gasteiger partial charge in [0, 0.05) is 0 Å². The Bertz CT molecular complexity index is 173. The van der Waals surface area contributed by atoms with Gasteiger partial charge in [-0.3, -0.25) is 0 Å². The molecule has 0 spiro atoms. The van der Waals surface area contributed by atoms with Crippen LogP contribution in [0.1, 0.15) is 39.0 Å². The standard InChI is InChI=1S/C11H18S/c1-2-6-11(9-12)10-7-4-3-5-8-10/h2,6,9-10,12H,3-5,7-8H2,1H3/b6-2-,11-9+. The van der Waals surface area contributed by atoms with Crippen LogP contribution < -0.4 is 0 Å². The van der Waals surface area contributed by atoms with E-state index in [9.17, 15) is 0 Å². The third-order valence-electron chi connectivity index (χ3n) is 2.58. The normalized spacial score (nSPS) is 22.0. The molecule has 1 aliphatic carbocycles. The zero-order chi connectivity index (χ0) is 8.81. The van der Waals surface area contributed by atoms with Crippen LogP contribution in [0.5, 0.6) is 0 Å². The summed E-state index contributed by atoms with van der Waals surface area (Å²) in [5, 5.41) is 1.97. The lowest BCUT2D eigenvalue weighted by molar-refractivity contribution is 0.408. The summed E-state index contributed by atoms with van der Waals surface area (Å²) in [6, 6.07) is 0. The second-order valence-corrected chi connectivity index (χ2v) is 3.72. The molecule has 1 aliphatic rings. The lowest BCUT2D eigenvalue weighted by atomic mass is 9.84. The van der Waals surface area contributed by atoms with Gasteiger partial charge in [0.15, 0.2) is 0 Å². The molecule has 0 aromatic carbocycles. The van der Waals surface area contributed by atoms with Crippen molar-refractivity contribution in [2.45, 2.75) is 39.0 Å². The van der Waals surface area contributed by atoms with Crippen LogP contribution >= 0.6 is 12.6 Å². The third kappa shape index (κ3) is 2.71. The Morgan fingerprint density at radius 3 is 2.42 bits per heavy atom. The van der Waals surface area contributed by atoms with Gasteiger partial charge in [-0.05, 0) is 36.7 Å². The van der Waals surface area contributed by atoms with Gasteiger partial charge < -0.3 is 0 Å². The predicted molar refractivity (Wildman–Crippen MR) is 58.5 cm³/mol. The summed E-state index contributed by atoms with van der Waals surface area (Å²) in [5.41, 5.74) is 1.42. The molecule has 0 atom stereocenters. The molecule has 1 saturated carbocycles. The van der Waals surface area contributed by atoms with Gasteiger partial charge in [-0.1, -0.05) is 31.4 Å². The molecule has 0 nitrogen and oxygen atoms in total. The van der Waals surface area contributed by atoms with E-state index < -0.39 is 0 Å². The minimum absolute atomic E-state index is 0.785. The van der Waals surface area contributed by atoms with Gasteiger partial charge in [0.1, 0.15) is 0 Å². The quantitative estimate of drug-likeness (QED) is 0.485. The van der Waals surface area contributed by atoms with E-state index in [0.717, 1.165) is 5.92 Å². The summed E-state index contributed by atoms with van der Waals surface area (Å²) in [6.07, 6.45) is 11.2. The van der Waals surface area contributed by atoms with Crippen LogP contribution in [-0.4, -0.2) is 0 Å². The Kier molecular flexibility index (Phi) is 4.52. The smallest absolute Gasteiger partial charge is 0.0157 e. The molecule has 68 valence electrons. The lowest BCUT2D eigenvalue weighted by Crippen LogP contribution is -2.07. The highest BCUT2D eigenvalue weighted by molar-refractivity contribution is 7.83. The Morgan fingerprint density at radius 1 is 1.25 bits per heavy atom. The number of allylic oxidation sites excluding steroid dienone is 3. The third-order valence-corrected chi connectivity index (χ3v) is 2.88. The van der Waals surface area contributed by atoms with Crippen LogP contribution in [0.2, 0.25) is 0 Å². The molecule has 12 heavy (non-hydrogen) atoms. The zero-order valence-electron chi connectivity index (χ0n) is 7.79. The number of hydrogen-bond acceptors (Lipinski definition) is 1. The van der Waals surface area contributed by atoms with Crippen molar-refractivity contribution in [3.8, 4) is 0 Å². The molecule has 0 N–H and O–H groups in total. The van der Waals surface area contributed by atoms with Crippen molar-refractivity contribution < 1.29 is 0 Å². The average molecular weight is 182 g/mol. The van der Waals surface area contributed by atoms with E-state index in [1.54, 1.807) is 0 Å². The molecule has 0 bridgehead atoms. The van der Waals surface area contributed by atoms with E-state index in [-0.39, 0.29) is 0 Å². The molecule has 1 heteroatoms. The fourth-order valence-corrected chi connectivity index (χ4v) is 2.21. The highest BCUT2D eigenvalue weighted by Gasteiger charge is 2.15. The molecule has 1 rings (SSSR count). The first-order valence-corrected chi connectivity index (χ1v) is 5.37. The summed E-state index contributed by atoms with van der Waals surface area (Å²) >= 11 is 4.25. The first kappa shape index (κ1) is 9.91. The van der Waals surface area contributed by atoms with Crippen molar-refractivity contribution in [2.75, 3.05) is 0 Å². The fourth-order valence-electron chi connectivity index (χ4n) is 1.91. The van der Waals surface area contributed by atoms with Crippen molar-refractivity contribution >= 4 is 12.6 Å². The Morgan fingerprint density at radius 2 is 1.92 bits per heavy atom.